The predicted octanol–water partition coefficient (Wildman–Crippen LogP) is 3.04. The van der Waals surface area contributed by atoms with E-state index in [1.807, 2.05) is 42.5 Å². The summed E-state index contributed by atoms with van der Waals surface area (Å²) in [6.07, 6.45) is -0.540. The normalized spacial score (nSPS) is 11.6. The number of benzene rings is 2. The lowest BCUT2D eigenvalue weighted by Crippen LogP contribution is -2.21. The minimum atomic E-state index is -0.831. The van der Waals surface area contributed by atoms with Crippen molar-refractivity contribution >= 4 is 23.0 Å². The first-order valence-corrected chi connectivity index (χ1v) is 7.67. The van der Waals surface area contributed by atoms with Crippen molar-refractivity contribution < 1.29 is 14.6 Å². The van der Waals surface area contributed by atoms with Crippen LogP contribution in [0.3, 0.4) is 0 Å². The van der Waals surface area contributed by atoms with E-state index in [1.54, 1.807) is 13.0 Å². The van der Waals surface area contributed by atoms with Crippen molar-refractivity contribution in [3.8, 4) is 0 Å². The molecule has 1 atom stereocenters. The number of nitrogens with two attached hydrogens (primary N) is 1. The number of aliphatic hydroxyl groups is 1. The first-order valence-electron chi connectivity index (χ1n) is 7.67. The van der Waals surface area contributed by atoms with E-state index in [0.29, 0.717) is 17.7 Å². The highest BCUT2D eigenvalue weighted by Crippen LogP contribution is 2.22. The van der Waals surface area contributed by atoms with Gasteiger partial charge in [0.2, 0.25) is 0 Å². The van der Waals surface area contributed by atoms with Gasteiger partial charge in [-0.2, -0.15) is 0 Å². The molecule has 2 rings (SSSR count). The fourth-order valence-electron chi connectivity index (χ4n) is 2.16. The van der Waals surface area contributed by atoms with Gasteiger partial charge < -0.3 is 20.9 Å². The lowest BCUT2D eigenvalue weighted by Gasteiger charge is -2.15. The van der Waals surface area contributed by atoms with Gasteiger partial charge in [0.25, 0.3) is 0 Å². The number of carbonyl (C=O) groups excluding carboxylic acids is 1. The molecule has 24 heavy (non-hydrogen) atoms. The van der Waals surface area contributed by atoms with Gasteiger partial charge in [-0.1, -0.05) is 24.8 Å². The molecule has 1 unspecified atom stereocenters. The average Bonchev–Trinajstić information content (AvgIpc) is 2.56. The van der Waals surface area contributed by atoms with Crippen molar-refractivity contribution in [2.45, 2.75) is 19.4 Å². The van der Waals surface area contributed by atoms with Gasteiger partial charge in [0.15, 0.2) is 0 Å². The number of nitrogens with one attached hydrogen (secondary N) is 1. The van der Waals surface area contributed by atoms with Crippen LogP contribution in [0.15, 0.2) is 60.7 Å². The number of hydrogen-bond acceptors (Lipinski definition) is 5. The molecular weight excluding hydrogens is 304 g/mol. The molecule has 2 aromatic carbocycles. The molecule has 0 amide bonds. The fourth-order valence-corrected chi connectivity index (χ4v) is 2.16. The van der Waals surface area contributed by atoms with Gasteiger partial charge in [-0.15, -0.1) is 0 Å². The summed E-state index contributed by atoms with van der Waals surface area (Å²) < 4.78 is 4.96. The van der Waals surface area contributed by atoms with Crippen molar-refractivity contribution in [3.63, 3.8) is 0 Å². The lowest BCUT2D eigenvalue weighted by molar-refractivity contribution is -0.141. The minimum absolute atomic E-state index is 0.0958. The Balaban J connectivity index is 2.00. The van der Waals surface area contributed by atoms with Crippen LogP contribution < -0.4 is 11.1 Å². The molecule has 5 heteroatoms. The number of hydrogen-bond donors (Lipinski definition) is 3. The van der Waals surface area contributed by atoms with Gasteiger partial charge in [0.1, 0.15) is 6.61 Å². The molecule has 0 saturated heterocycles. The molecule has 0 radical (unpaired) electrons. The number of anilines is 3. The molecule has 0 heterocycles. The zero-order valence-corrected chi connectivity index (χ0v) is 13.7. The van der Waals surface area contributed by atoms with E-state index in [-0.39, 0.29) is 6.61 Å². The van der Waals surface area contributed by atoms with Gasteiger partial charge >= 0.3 is 5.97 Å². The van der Waals surface area contributed by atoms with E-state index in [1.165, 1.54) is 0 Å². The summed E-state index contributed by atoms with van der Waals surface area (Å²) in [4.78, 5) is 11.4. The Hall–Kier alpha value is -2.79. The van der Waals surface area contributed by atoms with Crippen LogP contribution in [0.5, 0.6) is 0 Å². The first-order chi connectivity index (χ1) is 11.5. The maximum absolute atomic E-state index is 11.4. The molecule has 0 aliphatic rings. The third kappa shape index (κ3) is 5.14. The summed E-state index contributed by atoms with van der Waals surface area (Å²) in [6, 6.07) is 15.3. The molecule has 0 bridgehead atoms. The quantitative estimate of drug-likeness (QED) is 0.414. The molecule has 0 aliphatic carbocycles. The fraction of sp³-hybridized carbons (Fsp3) is 0.211. The number of aliphatic hydroxyl groups excluding tert-OH is 1. The predicted molar refractivity (Wildman–Crippen MR) is 96.1 cm³/mol. The Morgan fingerprint density at radius 1 is 1.25 bits per heavy atom. The Labute approximate surface area is 141 Å². The summed E-state index contributed by atoms with van der Waals surface area (Å²) in [5, 5.41) is 13.3. The van der Waals surface area contributed by atoms with E-state index >= 15 is 0 Å². The number of esters is 1. The molecule has 5 nitrogen and oxygen atoms in total. The van der Waals surface area contributed by atoms with Gasteiger partial charge in [-0.25, -0.2) is 4.79 Å². The van der Waals surface area contributed by atoms with E-state index < -0.39 is 12.1 Å². The first kappa shape index (κ1) is 17.6. The van der Waals surface area contributed by atoms with Crippen LogP contribution in [-0.4, -0.2) is 23.8 Å². The second-order valence-corrected chi connectivity index (χ2v) is 5.64. The summed E-state index contributed by atoms with van der Waals surface area (Å²) in [5.41, 5.74) is 9.48. The minimum Gasteiger partial charge on any atom is -0.460 e. The van der Waals surface area contributed by atoms with Crippen LogP contribution in [0.2, 0.25) is 0 Å². The number of para-hydroxylation sites is 1. The second-order valence-electron chi connectivity index (χ2n) is 5.64. The van der Waals surface area contributed by atoms with Crippen LogP contribution in [0.1, 0.15) is 12.5 Å². The summed E-state index contributed by atoms with van der Waals surface area (Å²) in [5.74, 6) is -0.512. The van der Waals surface area contributed by atoms with Gasteiger partial charge in [0.05, 0.1) is 6.10 Å². The molecule has 126 valence electrons. The van der Waals surface area contributed by atoms with E-state index in [0.717, 1.165) is 16.9 Å². The third-order valence-electron chi connectivity index (χ3n) is 3.42. The third-order valence-corrected chi connectivity index (χ3v) is 3.42. The zero-order chi connectivity index (χ0) is 17.5. The van der Waals surface area contributed by atoms with Crippen LogP contribution in [0.4, 0.5) is 17.1 Å². The average molecular weight is 326 g/mol. The van der Waals surface area contributed by atoms with Crippen LogP contribution >= 0.6 is 0 Å². The SMILES string of the molecule is C=C(C)C(=O)OCC(O)Cc1cc(Nc2ccccc2)ccc1N. The summed E-state index contributed by atoms with van der Waals surface area (Å²) in [6.45, 7) is 4.96. The van der Waals surface area contributed by atoms with E-state index in [9.17, 15) is 9.90 Å². The summed E-state index contributed by atoms with van der Waals surface area (Å²) in [7, 11) is 0. The van der Waals surface area contributed by atoms with Gasteiger partial charge in [-0.05, 0) is 42.8 Å². The smallest absolute Gasteiger partial charge is 0.333 e. The molecule has 2 aromatic rings. The molecule has 0 fully saturated rings. The van der Waals surface area contributed by atoms with E-state index in [4.69, 9.17) is 10.5 Å². The standard InChI is InChI=1S/C19H22N2O3/c1-13(2)19(23)24-12-17(22)11-14-10-16(8-9-18(14)20)21-15-6-4-3-5-7-15/h3-10,17,21-22H,1,11-12,20H2,2H3. The van der Waals surface area contributed by atoms with Crippen LogP contribution in [-0.2, 0) is 16.0 Å². The lowest BCUT2D eigenvalue weighted by atomic mass is 10.1. The maximum atomic E-state index is 11.4. The topological polar surface area (TPSA) is 84.6 Å². The summed E-state index contributed by atoms with van der Waals surface area (Å²) >= 11 is 0. The number of rotatable bonds is 7. The van der Waals surface area contributed by atoms with Crippen LogP contribution in [0.25, 0.3) is 0 Å². The molecule has 0 aromatic heterocycles. The highest BCUT2D eigenvalue weighted by molar-refractivity contribution is 5.86. The highest BCUT2D eigenvalue weighted by Gasteiger charge is 2.12. The monoisotopic (exact) mass is 326 g/mol. The Kier molecular flexibility index (Phi) is 5.98. The maximum Gasteiger partial charge on any atom is 0.333 e. The molecule has 4 N–H and O–H groups in total. The Morgan fingerprint density at radius 2 is 1.96 bits per heavy atom. The van der Waals surface area contributed by atoms with Crippen molar-refractivity contribution in [2.24, 2.45) is 0 Å². The van der Waals surface area contributed by atoms with Crippen molar-refractivity contribution in [1.82, 2.24) is 0 Å². The van der Waals surface area contributed by atoms with Crippen molar-refractivity contribution in [3.05, 3.63) is 66.2 Å². The Bertz CT molecular complexity index is 714. The number of carbonyl (C=O) groups is 1. The van der Waals surface area contributed by atoms with E-state index in [2.05, 4.69) is 11.9 Å². The zero-order valence-electron chi connectivity index (χ0n) is 13.7. The molecule has 0 aliphatic heterocycles. The molecular formula is C19H22N2O3. The van der Waals surface area contributed by atoms with Gasteiger partial charge in [-0.3, -0.25) is 0 Å². The van der Waals surface area contributed by atoms with Crippen molar-refractivity contribution in [2.75, 3.05) is 17.7 Å². The van der Waals surface area contributed by atoms with Crippen molar-refractivity contribution in [1.29, 1.82) is 0 Å². The van der Waals surface area contributed by atoms with Crippen LogP contribution in [0, 0.1) is 0 Å². The van der Waals surface area contributed by atoms with Gasteiger partial charge in [0, 0.05) is 29.1 Å². The largest absolute Gasteiger partial charge is 0.460 e. The highest BCUT2D eigenvalue weighted by atomic mass is 16.5. The number of nitrogen functional groups attached to an aromatic ring is 1. The molecule has 0 saturated carbocycles. The number of ether oxygens (including phenoxy) is 1. The second kappa shape index (κ2) is 8.17. The molecule has 0 spiro atoms. The Morgan fingerprint density at radius 3 is 2.62 bits per heavy atom.